The number of hydrogen-bond donors (Lipinski definition) is 0. The van der Waals surface area contributed by atoms with Crippen molar-refractivity contribution in [1.29, 1.82) is 0 Å². The molecule has 5 nitrogen and oxygen atoms in total. The SMILES string of the molecule is CCCCC/C=C\C/C=C\C/C=C\CCCCCCCCCOCC(COC(=O)CCCCCCCCCCC/C=C\CCCCCCCC)OC(=O)CCCCCCCCCCCCCCCCCCC. The maximum absolute atomic E-state index is 12.9. The number of esters is 2. The maximum Gasteiger partial charge on any atom is 0.306 e. The van der Waals surface area contributed by atoms with Crippen molar-refractivity contribution >= 4 is 11.9 Å². The monoisotopic (exact) mass is 1010 g/mol. The van der Waals surface area contributed by atoms with Crippen molar-refractivity contribution in [3.05, 3.63) is 48.6 Å². The van der Waals surface area contributed by atoms with Gasteiger partial charge in [-0.1, -0.05) is 294 Å². The molecule has 0 aromatic heterocycles. The Bertz CT molecular complexity index is 1190. The van der Waals surface area contributed by atoms with Crippen molar-refractivity contribution in [2.75, 3.05) is 19.8 Å². The fourth-order valence-electron chi connectivity index (χ4n) is 9.52. The van der Waals surface area contributed by atoms with E-state index in [0.717, 1.165) is 51.4 Å². The molecule has 1 atom stereocenters. The summed E-state index contributed by atoms with van der Waals surface area (Å²) >= 11 is 0. The number of carbonyl (C=O) groups is 2. The van der Waals surface area contributed by atoms with Crippen LogP contribution in [0.5, 0.6) is 0 Å². The van der Waals surface area contributed by atoms with Crippen LogP contribution in [0.15, 0.2) is 48.6 Å². The fourth-order valence-corrected chi connectivity index (χ4v) is 9.52. The van der Waals surface area contributed by atoms with Gasteiger partial charge >= 0.3 is 11.9 Å². The third kappa shape index (κ3) is 60.4. The van der Waals surface area contributed by atoms with Gasteiger partial charge < -0.3 is 14.2 Å². The first kappa shape index (κ1) is 69.9. The Morgan fingerprint density at radius 3 is 0.972 bits per heavy atom. The molecule has 0 aromatic rings. The van der Waals surface area contributed by atoms with E-state index in [4.69, 9.17) is 14.2 Å². The summed E-state index contributed by atoms with van der Waals surface area (Å²) in [5.74, 6) is -0.384. The molecule has 0 aliphatic heterocycles. The summed E-state index contributed by atoms with van der Waals surface area (Å²) in [4.78, 5) is 25.6. The van der Waals surface area contributed by atoms with Gasteiger partial charge in [-0.3, -0.25) is 9.59 Å². The molecule has 0 amide bonds. The van der Waals surface area contributed by atoms with Crippen LogP contribution in [0, 0.1) is 0 Å². The molecule has 422 valence electrons. The topological polar surface area (TPSA) is 61.8 Å². The minimum Gasteiger partial charge on any atom is -0.462 e. The highest BCUT2D eigenvalue weighted by molar-refractivity contribution is 5.70. The molecule has 0 radical (unpaired) electrons. The van der Waals surface area contributed by atoms with E-state index in [1.165, 1.54) is 257 Å². The fraction of sp³-hybridized carbons (Fsp3) is 0.851. The lowest BCUT2D eigenvalue weighted by atomic mass is 10.0. The standard InChI is InChI=1S/C67H124O5/c1-4-7-10-13-16-19-22-25-28-31-33-35-38-41-44-47-50-53-56-59-62-70-63-65(72-67(69)61-58-55-52-49-46-43-40-36-30-27-24-21-18-15-12-9-6-3)64-71-66(68)60-57-54-51-48-45-42-39-37-34-32-29-26-23-20-17-14-11-8-5-2/h16,19,25-26,28-29,33,35,65H,4-15,17-18,20-24,27,30-32,34,36-64H2,1-3H3/b19-16-,28-25-,29-26-,35-33-. The van der Waals surface area contributed by atoms with Crippen molar-refractivity contribution in [2.45, 2.75) is 348 Å². The second-order valence-electron chi connectivity index (χ2n) is 21.7. The van der Waals surface area contributed by atoms with Crippen molar-refractivity contribution in [1.82, 2.24) is 0 Å². The zero-order valence-electron chi connectivity index (χ0n) is 48.7. The van der Waals surface area contributed by atoms with Crippen LogP contribution >= 0.6 is 0 Å². The van der Waals surface area contributed by atoms with Crippen LogP contribution in [0.1, 0.15) is 342 Å². The predicted octanol–water partition coefficient (Wildman–Crippen LogP) is 22.2. The Balaban J connectivity index is 4.26. The second kappa shape index (κ2) is 63.2. The molecular formula is C67H124O5. The first-order valence-electron chi connectivity index (χ1n) is 32.2. The van der Waals surface area contributed by atoms with Crippen LogP contribution < -0.4 is 0 Å². The maximum atomic E-state index is 12.9. The van der Waals surface area contributed by atoms with Crippen LogP contribution in [0.25, 0.3) is 0 Å². The minimum atomic E-state index is -0.541. The van der Waals surface area contributed by atoms with Crippen molar-refractivity contribution < 1.29 is 23.8 Å². The summed E-state index contributed by atoms with van der Waals surface area (Å²) in [6.45, 7) is 7.84. The van der Waals surface area contributed by atoms with E-state index in [1.807, 2.05) is 0 Å². The normalized spacial score (nSPS) is 12.4. The van der Waals surface area contributed by atoms with E-state index in [0.29, 0.717) is 19.4 Å². The molecule has 0 fully saturated rings. The van der Waals surface area contributed by atoms with Gasteiger partial charge in [0.15, 0.2) is 6.10 Å². The Hall–Kier alpha value is -2.14. The van der Waals surface area contributed by atoms with Crippen LogP contribution in [0.4, 0.5) is 0 Å². The lowest BCUT2D eigenvalue weighted by Crippen LogP contribution is -2.30. The van der Waals surface area contributed by atoms with Gasteiger partial charge in [0.25, 0.3) is 0 Å². The first-order chi connectivity index (χ1) is 35.6. The van der Waals surface area contributed by atoms with Gasteiger partial charge in [-0.05, 0) is 83.5 Å². The van der Waals surface area contributed by atoms with Crippen LogP contribution in [0.3, 0.4) is 0 Å². The third-order valence-electron chi connectivity index (χ3n) is 14.3. The Labute approximate surface area is 450 Å². The molecule has 0 bridgehead atoms. The van der Waals surface area contributed by atoms with Gasteiger partial charge in [0.1, 0.15) is 6.61 Å². The van der Waals surface area contributed by atoms with E-state index in [2.05, 4.69) is 69.4 Å². The molecule has 5 heteroatoms. The highest BCUT2D eigenvalue weighted by Gasteiger charge is 2.18. The summed E-state index contributed by atoms with van der Waals surface area (Å²) in [6.07, 6.45) is 80.0. The third-order valence-corrected chi connectivity index (χ3v) is 14.3. The Kier molecular flexibility index (Phi) is 61.3. The molecule has 1 unspecified atom stereocenters. The second-order valence-corrected chi connectivity index (χ2v) is 21.7. The Morgan fingerprint density at radius 2 is 0.583 bits per heavy atom. The summed E-state index contributed by atoms with van der Waals surface area (Å²) in [5, 5.41) is 0. The predicted molar refractivity (Wildman–Crippen MR) is 316 cm³/mol. The molecule has 0 aliphatic carbocycles. The van der Waals surface area contributed by atoms with Crippen molar-refractivity contribution in [3.8, 4) is 0 Å². The van der Waals surface area contributed by atoms with Crippen molar-refractivity contribution in [3.63, 3.8) is 0 Å². The zero-order chi connectivity index (χ0) is 52.0. The van der Waals surface area contributed by atoms with Crippen LogP contribution in [-0.4, -0.2) is 37.9 Å². The molecule has 0 aromatic carbocycles. The lowest BCUT2D eigenvalue weighted by molar-refractivity contribution is -0.163. The molecule has 0 saturated heterocycles. The van der Waals surface area contributed by atoms with E-state index in [9.17, 15) is 9.59 Å². The molecule has 0 aliphatic rings. The Morgan fingerprint density at radius 1 is 0.306 bits per heavy atom. The van der Waals surface area contributed by atoms with E-state index in [-0.39, 0.29) is 25.2 Å². The number of hydrogen-bond acceptors (Lipinski definition) is 5. The highest BCUT2D eigenvalue weighted by atomic mass is 16.6. The quantitative estimate of drug-likeness (QED) is 0.0345. The lowest BCUT2D eigenvalue weighted by Gasteiger charge is -2.18. The van der Waals surface area contributed by atoms with Gasteiger partial charge in [0, 0.05) is 19.4 Å². The molecule has 0 heterocycles. The molecule has 72 heavy (non-hydrogen) atoms. The molecule has 0 saturated carbocycles. The average molecular weight is 1010 g/mol. The van der Waals surface area contributed by atoms with Gasteiger partial charge in [0.05, 0.1) is 6.61 Å². The van der Waals surface area contributed by atoms with Gasteiger partial charge in [-0.15, -0.1) is 0 Å². The van der Waals surface area contributed by atoms with Crippen molar-refractivity contribution in [2.24, 2.45) is 0 Å². The molecule has 0 N–H and O–H groups in total. The zero-order valence-corrected chi connectivity index (χ0v) is 48.7. The summed E-state index contributed by atoms with van der Waals surface area (Å²) in [6, 6.07) is 0. The molecular weight excluding hydrogens is 885 g/mol. The summed E-state index contributed by atoms with van der Waals surface area (Å²) < 4.78 is 17.6. The number of carbonyl (C=O) groups excluding carboxylic acids is 2. The van der Waals surface area contributed by atoms with Crippen LogP contribution in [-0.2, 0) is 23.8 Å². The van der Waals surface area contributed by atoms with Crippen LogP contribution in [0.2, 0.25) is 0 Å². The number of allylic oxidation sites excluding steroid dienone is 8. The van der Waals surface area contributed by atoms with E-state index < -0.39 is 6.10 Å². The van der Waals surface area contributed by atoms with Gasteiger partial charge in [0.2, 0.25) is 0 Å². The smallest absolute Gasteiger partial charge is 0.306 e. The van der Waals surface area contributed by atoms with E-state index >= 15 is 0 Å². The number of rotatable bonds is 60. The summed E-state index contributed by atoms with van der Waals surface area (Å²) in [7, 11) is 0. The minimum absolute atomic E-state index is 0.0846. The molecule has 0 rings (SSSR count). The van der Waals surface area contributed by atoms with E-state index in [1.54, 1.807) is 0 Å². The number of unbranched alkanes of at least 4 members (excludes halogenated alkanes) is 41. The molecule has 0 spiro atoms. The average Bonchev–Trinajstić information content (AvgIpc) is 3.38. The largest absolute Gasteiger partial charge is 0.462 e. The van der Waals surface area contributed by atoms with Gasteiger partial charge in [-0.25, -0.2) is 0 Å². The highest BCUT2D eigenvalue weighted by Crippen LogP contribution is 2.17. The first-order valence-corrected chi connectivity index (χ1v) is 32.2. The van der Waals surface area contributed by atoms with Gasteiger partial charge in [-0.2, -0.15) is 0 Å². The summed E-state index contributed by atoms with van der Waals surface area (Å²) in [5.41, 5.74) is 0. The number of ether oxygens (including phenoxy) is 3.